The molecule has 2 aliphatic heterocycles. The van der Waals surface area contributed by atoms with Crippen LogP contribution in [0.4, 0.5) is 0 Å². The highest BCUT2D eigenvalue weighted by Crippen LogP contribution is 2.25. The number of hydrogen-bond donors (Lipinski definition) is 2. The highest BCUT2D eigenvalue weighted by atomic mass is 16.5. The van der Waals surface area contributed by atoms with Gasteiger partial charge in [-0.15, -0.1) is 0 Å². The number of carbonyl (C=O) groups is 1. The standard InChI is InChI=1S/C12H22N2O2/c1-9-8-13-6-4-10(9)14-11(15)12(2)5-3-7-16-12/h9-10,13H,3-8H2,1-2H3,(H,14,15). The normalized spacial score (nSPS) is 39.6. The zero-order chi connectivity index (χ0) is 11.6. The van der Waals surface area contributed by atoms with Crippen molar-refractivity contribution >= 4 is 5.91 Å². The average molecular weight is 226 g/mol. The Labute approximate surface area is 97.1 Å². The van der Waals surface area contributed by atoms with Crippen LogP contribution in [0.15, 0.2) is 0 Å². The van der Waals surface area contributed by atoms with Gasteiger partial charge in [-0.3, -0.25) is 4.79 Å². The summed E-state index contributed by atoms with van der Waals surface area (Å²) in [7, 11) is 0. The van der Waals surface area contributed by atoms with Gasteiger partial charge in [-0.05, 0) is 45.2 Å². The lowest BCUT2D eigenvalue weighted by atomic mass is 9.93. The summed E-state index contributed by atoms with van der Waals surface area (Å²) in [5, 5.41) is 6.48. The smallest absolute Gasteiger partial charge is 0.252 e. The zero-order valence-electron chi connectivity index (χ0n) is 10.2. The number of carbonyl (C=O) groups excluding carboxylic acids is 1. The minimum absolute atomic E-state index is 0.0729. The molecule has 2 rings (SSSR count). The van der Waals surface area contributed by atoms with Crippen LogP contribution in [0.5, 0.6) is 0 Å². The Morgan fingerprint density at radius 3 is 3.00 bits per heavy atom. The molecule has 0 aromatic heterocycles. The lowest BCUT2D eigenvalue weighted by Crippen LogP contribution is -2.54. The molecule has 0 saturated carbocycles. The van der Waals surface area contributed by atoms with Crippen molar-refractivity contribution < 1.29 is 9.53 Å². The van der Waals surface area contributed by atoms with Crippen LogP contribution in [-0.2, 0) is 9.53 Å². The summed E-state index contributed by atoms with van der Waals surface area (Å²) in [4.78, 5) is 12.1. The van der Waals surface area contributed by atoms with E-state index < -0.39 is 5.60 Å². The van der Waals surface area contributed by atoms with E-state index in [0.717, 1.165) is 32.4 Å². The lowest BCUT2D eigenvalue weighted by Gasteiger charge is -2.33. The highest BCUT2D eigenvalue weighted by Gasteiger charge is 2.39. The number of nitrogens with one attached hydrogen (secondary N) is 2. The van der Waals surface area contributed by atoms with Gasteiger partial charge in [0.2, 0.25) is 0 Å². The average Bonchev–Trinajstić information content (AvgIpc) is 2.70. The van der Waals surface area contributed by atoms with Crippen molar-refractivity contribution in [3.8, 4) is 0 Å². The lowest BCUT2D eigenvalue weighted by molar-refractivity contribution is -0.140. The molecule has 2 aliphatic rings. The maximum absolute atomic E-state index is 12.1. The third kappa shape index (κ3) is 2.38. The van der Waals surface area contributed by atoms with E-state index in [2.05, 4.69) is 17.6 Å². The van der Waals surface area contributed by atoms with Crippen LogP contribution < -0.4 is 10.6 Å². The number of piperidine rings is 1. The van der Waals surface area contributed by atoms with E-state index in [9.17, 15) is 4.79 Å². The first-order chi connectivity index (χ1) is 7.62. The summed E-state index contributed by atoms with van der Waals surface area (Å²) >= 11 is 0. The summed E-state index contributed by atoms with van der Waals surface area (Å²) in [6.45, 7) is 6.77. The number of ether oxygens (including phenoxy) is 1. The molecular weight excluding hydrogens is 204 g/mol. The summed E-state index contributed by atoms with van der Waals surface area (Å²) in [6.07, 6.45) is 2.85. The maximum atomic E-state index is 12.1. The van der Waals surface area contributed by atoms with Gasteiger partial charge in [0.05, 0.1) is 0 Å². The largest absolute Gasteiger partial charge is 0.365 e. The van der Waals surface area contributed by atoms with Crippen molar-refractivity contribution in [2.24, 2.45) is 5.92 Å². The molecule has 3 atom stereocenters. The third-order valence-corrected chi connectivity index (χ3v) is 3.80. The topological polar surface area (TPSA) is 50.4 Å². The van der Waals surface area contributed by atoms with Gasteiger partial charge in [-0.25, -0.2) is 0 Å². The molecule has 4 heteroatoms. The van der Waals surface area contributed by atoms with Crippen molar-refractivity contribution in [3.63, 3.8) is 0 Å². The van der Waals surface area contributed by atoms with Crippen molar-refractivity contribution in [2.75, 3.05) is 19.7 Å². The van der Waals surface area contributed by atoms with E-state index >= 15 is 0 Å². The molecule has 92 valence electrons. The zero-order valence-corrected chi connectivity index (χ0v) is 10.2. The van der Waals surface area contributed by atoms with Gasteiger partial charge in [0, 0.05) is 12.6 Å². The van der Waals surface area contributed by atoms with Gasteiger partial charge in [0.15, 0.2) is 0 Å². The van der Waals surface area contributed by atoms with E-state index in [1.54, 1.807) is 0 Å². The van der Waals surface area contributed by atoms with Gasteiger partial charge in [-0.1, -0.05) is 6.92 Å². The monoisotopic (exact) mass is 226 g/mol. The second-order valence-corrected chi connectivity index (χ2v) is 5.23. The van der Waals surface area contributed by atoms with Crippen LogP contribution in [0.25, 0.3) is 0 Å². The van der Waals surface area contributed by atoms with E-state index in [1.165, 1.54) is 0 Å². The molecule has 2 fully saturated rings. The summed E-state index contributed by atoms with van der Waals surface area (Å²) < 4.78 is 5.55. The molecule has 0 spiro atoms. The van der Waals surface area contributed by atoms with E-state index in [-0.39, 0.29) is 5.91 Å². The number of hydrogen-bond acceptors (Lipinski definition) is 3. The molecule has 0 bridgehead atoms. The van der Waals surface area contributed by atoms with E-state index in [1.807, 2.05) is 6.92 Å². The fraction of sp³-hybridized carbons (Fsp3) is 0.917. The molecular formula is C12H22N2O2. The molecule has 0 aliphatic carbocycles. The van der Waals surface area contributed by atoms with Crippen molar-refractivity contribution in [3.05, 3.63) is 0 Å². The Morgan fingerprint density at radius 1 is 1.56 bits per heavy atom. The second kappa shape index (κ2) is 4.72. The molecule has 1 amide bonds. The van der Waals surface area contributed by atoms with Crippen LogP contribution in [0.2, 0.25) is 0 Å². The third-order valence-electron chi connectivity index (χ3n) is 3.80. The van der Waals surface area contributed by atoms with Crippen molar-refractivity contribution in [2.45, 2.75) is 44.8 Å². The van der Waals surface area contributed by atoms with Crippen LogP contribution in [-0.4, -0.2) is 37.2 Å². The molecule has 0 radical (unpaired) electrons. The molecule has 2 heterocycles. The minimum Gasteiger partial charge on any atom is -0.365 e. The molecule has 0 aromatic carbocycles. The fourth-order valence-electron chi connectivity index (χ4n) is 2.51. The Kier molecular flexibility index (Phi) is 3.50. The SMILES string of the molecule is CC1CNCCC1NC(=O)C1(C)CCCO1. The number of amides is 1. The fourth-order valence-corrected chi connectivity index (χ4v) is 2.51. The predicted molar refractivity (Wildman–Crippen MR) is 62.2 cm³/mol. The predicted octanol–water partition coefficient (Wildman–Crippen LogP) is 0.670. The van der Waals surface area contributed by atoms with Gasteiger partial charge < -0.3 is 15.4 Å². The van der Waals surface area contributed by atoms with Crippen LogP contribution in [0.3, 0.4) is 0 Å². The molecule has 4 nitrogen and oxygen atoms in total. The molecule has 3 unspecified atom stereocenters. The van der Waals surface area contributed by atoms with Crippen LogP contribution >= 0.6 is 0 Å². The molecule has 0 aromatic rings. The second-order valence-electron chi connectivity index (χ2n) is 5.23. The van der Waals surface area contributed by atoms with E-state index in [0.29, 0.717) is 18.6 Å². The molecule has 16 heavy (non-hydrogen) atoms. The van der Waals surface area contributed by atoms with Crippen molar-refractivity contribution in [1.29, 1.82) is 0 Å². The highest BCUT2D eigenvalue weighted by molar-refractivity contribution is 5.85. The Bertz CT molecular complexity index is 262. The Balaban J connectivity index is 1.90. The first-order valence-electron chi connectivity index (χ1n) is 6.27. The molecule has 2 saturated heterocycles. The van der Waals surface area contributed by atoms with E-state index in [4.69, 9.17) is 4.74 Å². The van der Waals surface area contributed by atoms with Crippen LogP contribution in [0.1, 0.15) is 33.1 Å². The van der Waals surface area contributed by atoms with Crippen LogP contribution in [0, 0.1) is 5.92 Å². The summed E-state index contributed by atoms with van der Waals surface area (Å²) in [5.74, 6) is 0.575. The quantitative estimate of drug-likeness (QED) is 0.727. The van der Waals surface area contributed by atoms with Gasteiger partial charge in [-0.2, -0.15) is 0 Å². The maximum Gasteiger partial charge on any atom is 0.252 e. The van der Waals surface area contributed by atoms with Crippen molar-refractivity contribution in [1.82, 2.24) is 10.6 Å². The first kappa shape index (κ1) is 11.9. The first-order valence-corrected chi connectivity index (χ1v) is 6.27. The molecule has 2 N–H and O–H groups in total. The number of rotatable bonds is 2. The summed E-state index contributed by atoms with van der Waals surface area (Å²) in [6, 6.07) is 0.301. The minimum atomic E-state index is -0.579. The van der Waals surface area contributed by atoms with Gasteiger partial charge in [0.25, 0.3) is 5.91 Å². The van der Waals surface area contributed by atoms with Gasteiger partial charge in [0.1, 0.15) is 5.60 Å². The Hall–Kier alpha value is -0.610. The summed E-state index contributed by atoms with van der Waals surface area (Å²) in [5.41, 5.74) is -0.579. The van der Waals surface area contributed by atoms with Gasteiger partial charge >= 0.3 is 0 Å². The Morgan fingerprint density at radius 2 is 2.38 bits per heavy atom.